The Kier molecular flexibility index (Phi) is 9.30. The van der Waals surface area contributed by atoms with Crippen molar-refractivity contribution in [2.24, 2.45) is 0 Å². The minimum Gasteiger partial charge on any atom is -0.497 e. The summed E-state index contributed by atoms with van der Waals surface area (Å²) in [7, 11) is 3.17. The quantitative estimate of drug-likeness (QED) is 0.377. The summed E-state index contributed by atoms with van der Waals surface area (Å²) in [5, 5.41) is 10.6. The maximum atomic E-state index is 13.2. The molecular formula is C28H37N5O4. The van der Waals surface area contributed by atoms with Gasteiger partial charge < -0.3 is 25.0 Å². The molecule has 0 aliphatic heterocycles. The van der Waals surface area contributed by atoms with E-state index in [4.69, 9.17) is 14.6 Å². The number of methoxy groups -OCH3 is 2. The maximum absolute atomic E-state index is 13.2. The molecule has 1 heterocycles. The van der Waals surface area contributed by atoms with Gasteiger partial charge >= 0.3 is 6.03 Å². The predicted octanol–water partition coefficient (Wildman–Crippen LogP) is 5.00. The molecule has 3 aromatic rings. The molecule has 2 aromatic carbocycles. The van der Waals surface area contributed by atoms with Gasteiger partial charge in [0.25, 0.3) is 0 Å². The fourth-order valence-corrected chi connectivity index (χ4v) is 3.73. The zero-order valence-corrected chi connectivity index (χ0v) is 22.5. The minimum atomic E-state index is -0.387. The maximum Gasteiger partial charge on any atom is 0.322 e. The number of nitrogens with zero attached hydrogens (tertiary/aromatic N) is 3. The third-order valence-corrected chi connectivity index (χ3v) is 5.81. The van der Waals surface area contributed by atoms with E-state index in [1.807, 2.05) is 37.3 Å². The number of urea groups is 1. The Bertz CT molecular complexity index is 1220. The Labute approximate surface area is 218 Å². The van der Waals surface area contributed by atoms with Crippen molar-refractivity contribution < 1.29 is 19.1 Å². The van der Waals surface area contributed by atoms with Crippen molar-refractivity contribution in [1.82, 2.24) is 14.7 Å². The molecular weight excluding hydrogens is 470 g/mol. The summed E-state index contributed by atoms with van der Waals surface area (Å²) in [6.45, 7) is 8.90. The number of rotatable bonds is 10. The molecule has 198 valence electrons. The van der Waals surface area contributed by atoms with Crippen LogP contribution in [0.4, 0.5) is 16.3 Å². The third kappa shape index (κ3) is 7.57. The zero-order valence-electron chi connectivity index (χ0n) is 22.5. The van der Waals surface area contributed by atoms with Crippen LogP contribution in [0.5, 0.6) is 5.75 Å². The van der Waals surface area contributed by atoms with Gasteiger partial charge in [-0.2, -0.15) is 5.10 Å². The van der Waals surface area contributed by atoms with Crippen LogP contribution in [0.25, 0.3) is 5.69 Å². The molecule has 0 saturated heterocycles. The second-order valence-corrected chi connectivity index (χ2v) is 9.84. The normalized spacial score (nSPS) is 11.2. The number of carbonyl (C=O) groups is 2. The first-order valence-corrected chi connectivity index (χ1v) is 12.3. The summed E-state index contributed by atoms with van der Waals surface area (Å²) in [6.07, 6.45) is 0.588. The van der Waals surface area contributed by atoms with Gasteiger partial charge in [0.05, 0.1) is 18.5 Å². The fraction of sp³-hybridized carbons (Fsp3) is 0.393. The Hall–Kier alpha value is -3.85. The Balaban J connectivity index is 1.81. The minimum absolute atomic E-state index is 0.136. The van der Waals surface area contributed by atoms with Crippen molar-refractivity contribution in [2.45, 2.75) is 39.5 Å². The lowest BCUT2D eigenvalue weighted by molar-refractivity contribution is -0.116. The van der Waals surface area contributed by atoms with Crippen LogP contribution in [0.15, 0.2) is 54.6 Å². The van der Waals surface area contributed by atoms with Crippen LogP contribution in [-0.4, -0.2) is 60.5 Å². The standard InChI is InChI=1S/C28H37N5O4/c1-20-11-7-8-14-23(20)33-25(18-24(31-33)28(2,3)4)30-26(34)19-32(15-10-16-36-5)27(35)29-21-12-9-13-22(17-21)37-6/h7-9,11-14,17-18H,10,15-16,19H2,1-6H3,(H,29,35)(H,30,34). The number of aryl methyl sites for hydroxylation is 1. The average molecular weight is 508 g/mol. The highest BCUT2D eigenvalue weighted by atomic mass is 16.5. The van der Waals surface area contributed by atoms with Gasteiger partial charge in [0, 0.05) is 43.5 Å². The number of amides is 3. The molecule has 0 bridgehead atoms. The zero-order chi connectivity index (χ0) is 27.0. The molecule has 0 atom stereocenters. The predicted molar refractivity (Wildman–Crippen MR) is 146 cm³/mol. The summed E-state index contributed by atoms with van der Waals surface area (Å²) in [5.74, 6) is 0.850. The Morgan fingerprint density at radius 3 is 2.46 bits per heavy atom. The number of aromatic nitrogens is 2. The molecule has 0 radical (unpaired) electrons. The molecule has 1 aromatic heterocycles. The van der Waals surface area contributed by atoms with Gasteiger partial charge in [0.15, 0.2) is 0 Å². The monoisotopic (exact) mass is 507 g/mol. The summed E-state index contributed by atoms with van der Waals surface area (Å²) in [5.41, 5.74) is 3.12. The van der Waals surface area contributed by atoms with Crippen molar-refractivity contribution in [3.63, 3.8) is 0 Å². The second-order valence-electron chi connectivity index (χ2n) is 9.84. The van der Waals surface area contributed by atoms with Gasteiger partial charge in [-0.1, -0.05) is 45.0 Å². The first kappa shape index (κ1) is 27.7. The average Bonchev–Trinajstić information content (AvgIpc) is 3.28. The second kappa shape index (κ2) is 12.4. The van der Waals surface area contributed by atoms with Crippen LogP contribution in [0.3, 0.4) is 0 Å². The first-order valence-electron chi connectivity index (χ1n) is 12.3. The van der Waals surface area contributed by atoms with Gasteiger partial charge in [0.2, 0.25) is 5.91 Å². The van der Waals surface area contributed by atoms with E-state index < -0.39 is 0 Å². The highest BCUT2D eigenvalue weighted by Gasteiger charge is 2.23. The van der Waals surface area contributed by atoms with Gasteiger partial charge in [-0.3, -0.25) is 4.79 Å². The van der Waals surface area contributed by atoms with Crippen LogP contribution >= 0.6 is 0 Å². The number of ether oxygens (including phenoxy) is 2. The van der Waals surface area contributed by atoms with Gasteiger partial charge in [-0.25, -0.2) is 9.48 Å². The number of hydrogen-bond acceptors (Lipinski definition) is 5. The fourth-order valence-electron chi connectivity index (χ4n) is 3.73. The van der Waals surface area contributed by atoms with Crippen LogP contribution in [-0.2, 0) is 14.9 Å². The summed E-state index contributed by atoms with van der Waals surface area (Å²) in [6, 6.07) is 16.4. The lowest BCUT2D eigenvalue weighted by atomic mass is 9.92. The van der Waals surface area contributed by atoms with Crippen molar-refractivity contribution in [1.29, 1.82) is 0 Å². The molecule has 0 saturated carbocycles. The topological polar surface area (TPSA) is 97.7 Å². The number of nitrogens with one attached hydrogen (secondary N) is 2. The molecule has 0 aliphatic rings. The Morgan fingerprint density at radius 1 is 1.03 bits per heavy atom. The molecule has 37 heavy (non-hydrogen) atoms. The number of hydrogen-bond donors (Lipinski definition) is 2. The summed E-state index contributed by atoms with van der Waals surface area (Å²) >= 11 is 0. The number of anilines is 2. The number of carbonyl (C=O) groups excluding carboxylic acids is 2. The van der Waals surface area contributed by atoms with Crippen LogP contribution < -0.4 is 15.4 Å². The lowest BCUT2D eigenvalue weighted by Gasteiger charge is -2.23. The van der Waals surface area contributed by atoms with Crippen molar-refractivity contribution in [3.8, 4) is 11.4 Å². The Morgan fingerprint density at radius 2 is 1.78 bits per heavy atom. The smallest absolute Gasteiger partial charge is 0.322 e. The molecule has 2 N–H and O–H groups in total. The van der Waals surface area contributed by atoms with E-state index in [2.05, 4.69) is 31.4 Å². The first-order chi connectivity index (χ1) is 17.6. The summed E-state index contributed by atoms with van der Waals surface area (Å²) in [4.78, 5) is 27.8. The molecule has 9 nitrogen and oxygen atoms in total. The molecule has 9 heteroatoms. The largest absolute Gasteiger partial charge is 0.497 e. The number of para-hydroxylation sites is 1. The highest BCUT2D eigenvalue weighted by Crippen LogP contribution is 2.27. The van der Waals surface area contributed by atoms with E-state index in [9.17, 15) is 9.59 Å². The SMILES string of the molecule is COCCCN(CC(=O)Nc1cc(C(C)(C)C)nn1-c1ccccc1C)C(=O)Nc1cccc(OC)c1. The number of benzene rings is 2. The van der Waals surface area contributed by atoms with Crippen molar-refractivity contribution in [3.05, 3.63) is 65.9 Å². The summed E-state index contributed by atoms with van der Waals surface area (Å²) < 4.78 is 12.1. The third-order valence-electron chi connectivity index (χ3n) is 5.81. The van der Waals surface area contributed by atoms with Crippen LogP contribution in [0.1, 0.15) is 38.4 Å². The molecule has 0 aliphatic carbocycles. The van der Waals surface area contributed by atoms with E-state index >= 15 is 0 Å². The van der Waals surface area contributed by atoms with Crippen LogP contribution in [0, 0.1) is 6.92 Å². The van der Waals surface area contributed by atoms with E-state index in [0.29, 0.717) is 36.8 Å². The van der Waals surface area contributed by atoms with E-state index in [-0.39, 0.29) is 23.9 Å². The van der Waals surface area contributed by atoms with Gasteiger partial charge in [-0.15, -0.1) is 0 Å². The van der Waals surface area contributed by atoms with Crippen molar-refractivity contribution >= 4 is 23.4 Å². The molecule has 0 fully saturated rings. The van der Waals surface area contributed by atoms with Gasteiger partial charge in [0.1, 0.15) is 18.1 Å². The lowest BCUT2D eigenvalue weighted by Crippen LogP contribution is -2.41. The van der Waals surface area contributed by atoms with E-state index in [1.54, 1.807) is 43.2 Å². The molecule has 3 rings (SSSR count). The van der Waals surface area contributed by atoms with Crippen molar-refractivity contribution in [2.75, 3.05) is 44.5 Å². The van der Waals surface area contributed by atoms with E-state index in [1.165, 1.54) is 4.90 Å². The molecule has 3 amide bonds. The van der Waals surface area contributed by atoms with E-state index in [0.717, 1.165) is 16.9 Å². The molecule has 0 spiro atoms. The van der Waals surface area contributed by atoms with Crippen LogP contribution in [0.2, 0.25) is 0 Å². The highest BCUT2D eigenvalue weighted by molar-refractivity contribution is 5.96. The van der Waals surface area contributed by atoms with Gasteiger partial charge in [-0.05, 0) is 37.1 Å². The molecule has 0 unspecified atom stereocenters.